The van der Waals surface area contributed by atoms with Crippen molar-refractivity contribution in [1.82, 2.24) is 0 Å². The molecule has 0 atom stereocenters. The van der Waals surface area contributed by atoms with Gasteiger partial charge in [-0.25, -0.2) is 0 Å². The summed E-state index contributed by atoms with van der Waals surface area (Å²) in [4.78, 5) is 0. The molecule has 0 unspecified atom stereocenters. The van der Waals surface area contributed by atoms with Gasteiger partial charge in [0.25, 0.3) is 0 Å². The Bertz CT molecular complexity index is 4910. The third kappa shape index (κ3) is 5.35. The first-order valence-electron chi connectivity index (χ1n) is 26.3. The lowest BCUT2D eigenvalue weighted by atomic mass is 9.68. The molecular weight excluding hydrogens is 901 g/mol. The first-order chi connectivity index (χ1) is 37.3. The van der Waals surface area contributed by atoms with Crippen LogP contribution in [0.3, 0.4) is 0 Å². The molecule has 0 radical (unpaired) electrons. The van der Waals surface area contributed by atoms with Crippen molar-refractivity contribution in [3.8, 4) is 55.6 Å². The molecule has 0 saturated heterocycles. The monoisotopic (exact) mass is 944 g/mol. The van der Waals surface area contributed by atoms with Crippen molar-refractivity contribution < 1.29 is 0 Å². The van der Waals surface area contributed by atoms with Crippen LogP contribution in [0.15, 0.2) is 267 Å². The highest BCUT2D eigenvalue weighted by atomic mass is 14.5. The zero-order chi connectivity index (χ0) is 48.9. The van der Waals surface area contributed by atoms with Gasteiger partial charge in [-0.05, 0) is 182 Å². The van der Waals surface area contributed by atoms with E-state index in [0.29, 0.717) is 0 Å². The average Bonchev–Trinajstić information content (AvgIpc) is 3.99. The Kier molecular flexibility index (Phi) is 8.30. The standard InChI is InChI=1S/C75H44/c1-2-23-49-47(20-1)44-66(53-27-4-3-24-50(49)53)70-61-35-12-10-33-59(61)69(60-34-11-13-36-62(60)70)48-22-19-21-45(42-48)46-40-41-64-65(43-46)54-28-6-9-32-58(54)72-71-57-31-8-5-25-51(57)52-26-7-14-37-63(52)73(71)75(74(64)72)67-38-17-15-29-55(67)56-30-16-18-39-68(56)75/h1-44H. The van der Waals surface area contributed by atoms with Crippen LogP contribution < -0.4 is 0 Å². The lowest BCUT2D eigenvalue weighted by Crippen LogP contribution is -2.26. The van der Waals surface area contributed by atoms with Gasteiger partial charge in [-0.3, -0.25) is 0 Å². The van der Waals surface area contributed by atoms with E-state index in [4.69, 9.17) is 0 Å². The molecule has 0 fully saturated rings. The normalized spacial score (nSPS) is 13.2. The van der Waals surface area contributed by atoms with Gasteiger partial charge in [-0.15, -0.1) is 0 Å². The molecule has 0 N–H and O–H groups in total. The zero-order valence-electron chi connectivity index (χ0n) is 40.9. The van der Waals surface area contributed by atoms with E-state index < -0.39 is 5.41 Å². The van der Waals surface area contributed by atoms with E-state index >= 15 is 0 Å². The molecule has 1 spiro atoms. The summed E-state index contributed by atoms with van der Waals surface area (Å²) in [5.41, 5.74) is 17.7. The van der Waals surface area contributed by atoms with Gasteiger partial charge in [-0.1, -0.05) is 249 Å². The fourth-order valence-corrected chi connectivity index (χ4v) is 14.6. The smallest absolute Gasteiger partial charge is 0.0619 e. The molecule has 0 bridgehead atoms. The number of benzene rings is 15. The molecule has 344 valence electrons. The minimum Gasteiger partial charge on any atom is -0.0619 e. The highest BCUT2D eigenvalue weighted by molar-refractivity contribution is 6.29. The lowest BCUT2D eigenvalue weighted by molar-refractivity contribution is 0.810. The summed E-state index contributed by atoms with van der Waals surface area (Å²) in [5.74, 6) is 0. The van der Waals surface area contributed by atoms with Gasteiger partial charge in [0, 0.05) is 0 Å². The Balaban J connectivity index is 0.931. The van der Waals surface area contributed by atoms with Gasteiger partial charge in [0.05, 0.1) is 5.41 Å². The molecular formula is C75H44. The molecule has 0 aromatic heterocycles. The van der Waals surface area contributed by atoms with Crippen LogP contribution >= 0.6 is 0 Å². The first kappa shape index (κ1) is 40.9. The van der Waals surface area contributed by atoms with Gasteiger partial charge < -0.3 is 0 Å². The Labute approximate surface area is 434 Å². The van der Waals surface area contributed by atoms with Crippen molar-refractivity contribution in [3.05, 3.63) is 289 Å². The molecule has 2 aliphatic carbocycles. The van der Waals surface area contributed by atoms with E-state index in [1.165, 1.54) is 164 Å². The fraction of sp³-hybridized carbons (Fsp3) is 0.0133. The summed E-state index contributed by atoms with van der Waals surface area (Å²) in [6.45, 7) is 0. The summed E-state index contributed by atoms with van der Waals surface area (Å²) in [5, 5.41) is 20.5. The second kappa shape index (κ2) is 15.2. The topological polar surface area (TPSA) is 0 Å². The van der Waals surface area contributed by atoms with Crippen molar-refractivity contribution >= 4 is 86.2 Å². The van der Waals surface area contributed by atoms with Gasteiger partial charge >= 0.3 is 0 Å². The highest BCUT2D eigenvalue weighted by Crippen LogP contribution is 2.68. The average molecular weight is 945 g/mol. The van der Waals surface area contributed by atoms with Gasteiger partial charge in [-0.2, -0.15) is 0 Å². The van der Waals surface area contributed by atoms with Crippen LogP contribution in [0.25, 0.3) is 142 Å². The lowest BCUT2D eigenvalue weighted by Gasteiger charge is -2.33. The molecule has 0 amide bonds. The maximum Gasteiger partial charge on any atom is 0.0738 e. The molecule has 15 aromatic rings. The van der Waals surface area contributed by atoms with Crippen LogP contribution in [0.5, 0.6) is 0 Å². The van der Waals surface area contributed by atoms with Crippen LogP contribution in [0.1, 0.15) is 22.3 Å². The molecule has 2 aliphatic rings. The summed E-state index contributed by atoms with van der Waals surface area (Å²) in [6.07, 6.45) is 0. The van der Waals surface area contributed by atoms with Crippen LogP contribution in [-0.4, -0.2) is 0 Å². The van der Waals surface area contributed by atoms with E-state index in [-0.39, 0.29) is 0 Å². The largest absolute Gasteiger partial charge is 0.0738 e. The van der Waals surface area contributed by atoms with E-state index in [2.05, 4.69) is 267 Å². The molecule has 0 saturated carbocycles. The maximum atomic E-state index is 2.50. The van der Waals surface area contributed by atoms with Gasteiger partial charge in [0.2, 0.25) is 0 Å². The summed E-state index contributed by atoms with van der Waals surface area (Å²) in [7, 11) is 0. The minimum absolute atomic E-state index is 0.557. The Morgan fingerprint density at radius 3 is 1.16 bits per heavy atom. The Morgan fingerprint density at radius 2 is 0.573 bits per heavy atom. The number of rotatable bonds is 3. The van der Waals surface area contributed by atoms with Crippen LogP contribution in [0, 0.1) is 0 Å². The van der Waals surface area contributed by atoms with Crippen LogP contribution in [0.2, 0.25) is 0 Å². The molecule has 0 nitrogen and oxygen atoms in total. The minimum atomic E-state index is -0.557. The predicted octanol–water partition coefficient (Wildman–Crippen LogP) is 20.3. The molecule has 0 heteroatoms. The molecule has 17 rings (SSSR count). The molecule has 15 aromatic carbocycles. The van der Waals surface area contributed by atoms with Crippen LogP contribution in [0.4, 0.5) is 0 Å². The molecule has 75 heavy (non-hydrogen) atoms. The second-order valence-corrected chi connectivity index (χ2v) is 20.9. The summed E-state index contributed by atoms with van der Waals surface area (Å²) < 4.78 is 0. The van der Waals surface area contributed by atoms with E-state index in [1.54, 1.807) is 0 Å². The third-order valence-electron chi connectivity index (χ3n) is 17.4. The molecule has 0 heterocycles. The summed E-state index contributed by atoms with van der Waals surface area (Å²) in [6, 6.07) is 101. The van der Waals surface area contributed by atoms with E-state index in [0.717, 1.165) is 0 Å². The quantitative estimate of drug-likeness (QED) is 0.122. The van der Waals surface area contributed by atoms with Crippen molar-refractivity contribution in [3.63, 3.8) is 0 Å². The SMILES string of the molecule is c1cc(-c2ccc3c4c(c5ccccc5c3c2)-c2c(c3ccccc3c3ccccc23)C42c3ccccc3-c3ccccc32)cc(-c2c3ccccc3c(-c3cc4ccccc4c4ccccc34)c3ccccc23)c1. The van der Waals surface area contributed by atoms with Crippen molar-refractivity contribution in [1.29, 1.82) is 0 Å². The highest BCUT2D eigenvalue weighted by Gasteiger charge is 2.54. The number of hydrogen-bond acceptors (Lipinski definition) is 0. The van der Waals surface area contributed by atoms with Crippen molar-refractivity contribution in [2.45, 2.75) is 5.41 Å². The zero-order valence-corrected chi connectivity index (χ0v) is 40.9. The van der Waals surface area contributed by atoms with Gasteiger partial charge in [0.1, 0.15) is 0 Å². The summed E-state index contributed by atoms with van der Waals surface area (Å²) >= 11 is 0. The fourth-order valence-electron chi connectivity index (χ4n) is 14.6. The van der Waals surface area contributed by atoms with Crippen LogP contribution in [-0.2, 0) is 5.41 Å². The Hall–Kier alpha value is -9.62. The number of hydrogen-bond donors (Lipinski definition) is 0. The first-order valence-corrected chi connectivity index (χ1v) is 26.3. The van der Waals surface area contributed by atoms with E-state index in [1.807, 2.05) is 0 Å². The van der Waals surface area contributed by atoms with E-state index in [9.17, 15) is 0 Å². The number of fused-ring (bicyclic) bond motifs is 25. The Morgan fingerprint density at radius 1 is 0.187 bits per heavy atom. The predicted molar refractivity (Wildman–Crippen MR) is 319 cm³/mol. The van der Waals surface area contributed by atoms with Crippen molar-refractivity contribution in [2.75, 3.05) is 0 Å². The second-order valence-electron chi connectivity index (χ2n) is 20.9. The third-order valence-corrected chi connectivity index (χ3v) is 17.4. The van der Waals surface area contributed by atoms with Crippen molar-refractivity contribution in [2.24, 2.45) is 0 Å². The molecule has 0 aliphatic heterocycles. The maximum absolute atomic E-state index is 2.50. The van der Waals surface area contributed by atoms with Gasteiger partial charge in [0.15, 0.2) is 0 Å².